The molecule has 0 saturated carbocycles. The zero-order valence-corrected chi connectivity index (χ0v) is 14.9. The number of carbonyl (C=O) groups excluding carboxylic acids is 1. The van der Waals surface area contributed by atoms with Gasteiger partial charge in [-0.15, -0.1) is 0 Å². The van der Waals surface area contributed by atoms with Crippen LogP contribution in [0, 0.1) is 18.8 Å². The zero-order chi connectivity index (χ0) is 18.4. The SMILES string of the molecule is Cc1cc(N2C[C@@H]3[C@@H](CNC(=O)c4ccco4)CO[C@@H]3C2)n2ncnc2n1. The van der Waals surface area contributed by atoms with Gasteiger partial charge in [0.25, 0.3) is 11.7 Å². The quantitative estimate of drug-likeness (QED) is 0.731. The standard InChI is InChI=1S/C18H20N6O3/c1-11-5-16(24-18(22-11)20-10-21-24)23-7-13-12(9-27-15(13)8-23)6-19-17(25)14-3-2-4-26-14/h2-5,10,12-13,15H,6-9H2,1H3,(H,19,25)/t12-,13+,15+/m0/s1. The van der Waals surface area contributed by atoms with Crippen molar-refractivity contribution in [2.75, 3.05) is 31.1 Å². The van der Waals surface area contributed by atoms with E-state index in [9.17, 15) is 4.79 Å². The summed E-state index contributed by atoms with van der Waals surface area (Å²) in [7, 11) is 0. The molecule has 5 rings (SSSR count). The maximum Gasteiger partial charge on any atom is 0.286 e. The van der Waals surface area contributed by atoms with Crippen molar-refractivity contribution in [3.05, 3.63) is 42.2 Å². The minimum absolute atomic E-state index is 0.155. The Morgan fingerprint density at radius 1 is 1.41 bits per heavy atom. The Kier molecular flexibility index (Phi) is 3.82. The highest BCUT2D eigenvalue weighted by atomic mass is 16.5. The van der Waals surface area contributed by atoms with Crippen LogP contribution >= 0.6 is 0 Å². The minimum atomic E-state index is -0.188. The number of furan rings is 1. The van der Waals surface area contributed by atoms with E-state index < -0.39 is 0 Å². The number of hydrogen-bond donors (Lipinski definition) is 1. The fourth-order valence-electron chi connectivity index (χ4n) is 4.05. The van der Waals surface area contributed by atoms with E-state index in [0.29, 0.717) is 30.6 Å². The Labute approximate surface area is 155 Å². The van der Waals surface area contributed by atoms with Crippen LogP contribution in [0.1, 0.15) is 16.2 Å². The second-order valence-electron chi connectivity index (χ2n) is 7.12. The Bertz CT molecular complexity index is 969. The molecule has 0 radical (unpaired) electrons. The van der Waals surface area contributed by atoms with Gasteiger partial charge < -0.3 is 19.4 Å². The molecule has 0 aromatic carbocycles. The van der Waals surface area contributed by atoms with Crippen molar-refractivity contribution in [3.8, 4) is 0 Å². The van der Waals surface area contributed by atoms with Crippen molar-refractivity contribution in [1.29, 1.82) is 0 Å². The lowest BCUT2D eigenvalue weighted by Crippen LogP contribution is -2.34. The first-order chi connectivity index (χ1) is 13.2. The number of rotatable bonds is 4. The predicted molar refractivity (Wildman–Crippen MR) is 95.5 cm³/mol. The number of aryl methyl sites for hydroxylation is 1. The average Bonchev–Trinajstić information content (AvgIpc) is 3.42. The lowest BCUT2D eigenvalue weighted by Gasteiger charge is -2.22. The molecule has 1 N–H and O–H groups in total. The van der Waals surface area contributed by atoms with Crippen LogP contribution < -0.4 is 10.2 Å². The van der Waals surface area contributed by atoms with Gasteiger partial charge >= 0.3 is 0 Å². The summed E-state index contributed by atoms with van der Waals surface area (Å²) in [4.78, 5) is 23.0. The van der Waals surface area contributed by atoms with Crippen LogP contribution in [0.4, 0.5) is 5.82 Å². The van der Waals surface area contributed by atoms with Gasteiger partial charge in [0.15, 0.2) is 5.76 Å². The zero-order valence-electron chi connectivity index (χ0n) is 14.9. The van der Waals surface area contributed by atoms with Crippen molar-refractivity contribution in [2.24, 2.45) is 11.8 Å². The molecule has 2 aliphatic rings. The summed E-state index contributed by atoms with van der Waals surface area (Å²) in [5, 5.41) is 7.26. The van der Waals surface area contributed by atoms with Crippen LogP contribution in [-0.2, 0) is 4.74 Å². The molecule has 3 aromatic rings. The summed E-state index contributed by atoms with van der Waals surface area (Å²) in [5.41, 5.74) is 0.908. The highest BCUT2D eigenvalue weighted by Gasteiger charge is 2.44. The van der Waals surface area contributed by atoms with E-state index in [-0.39, 0.29) is 17.9 Å². The molecule has 0 bridgehead atoms. The summed E-state index contributed by atoms with van der Waals surface area (Å²) in [6.45, 7) is 4.84. The number of hydrogen-bond acceptors (Lipinski definition) is 7. The maximum atomic E-state index is 12.1. The average molecular weight is 368 g/mol. The van der Waals surface area contributed by atoms with Crippen molar-refractivity contribution in [1.82, 2.24) is 24.9 Å². The molecular weight excluding hydrogens is 348 g/mol. The van der Waals surface area contributed by atoms with E-state index in [0.717, 1.165) is 24.6 Å². The highest BCUT2D eigenvalue weighted by molar-refractivity contribution is 5.91. The second-order valence-corrected chi connectivity index (χ2v) is 7.12. The molecule has 3 atom stereocenters. The van der Waals surface area contributed by atoms with Gasteiger partial charge in [0.05, 0.1) is 19.0 Å². The molecule has 2 saturated heterocycles. The minimum Gasteiger partial charge on any atom is -0.459 e. The summed E-state index contributed by atoms with van der Waals surface area (Å²) in [5.74, 6) is 2.35. The van der Waals surface area contributed by atoms with Gasteiger partial charge in [0, 0.05) is 43.2 Å². The number of nitrogens with one attached hydrogen (secondary N) is 1. The largest absolute Gasteiger partial charge is 0.459 e. The van der Waals surface area contributed by atoms with Crippen LogP contribution in [-0.4, -0.2) is 57.8 Å². The number of nitrogens with zero attached hydrogens (tertiary/aromatic N) is 5. The molecule has 0 spiro atoms. The van der Waals surface area contributed by atoms with Gasteiger partial charge in [-0.3, -0.25) is 4.79 Å². The smallest absolute Gasteiger partial charge is 0.286 e. The predicted octanol–water partition coefficient (Wildman–Crippen LogP) is 0.907. The highest BCUT2D eigenvalue weighted by Crippen LogP contribution is 2.35. The third-order valence-electron chi connectivity index (χ3n) is 5.39. The normalized spacial score (nSPS) is 24.5. The first kappa shape index (κ1) is 16.2. The van der Waals surface area contributed by atoms with Gasteiger partial charge in [-0.25, -0.2) is 4.98 Å². The fraction of sp³-hybridized carbons (Fsp3) is 0.444. The summed E-state index contributed by atoms with van der Waals surface area (Å²) < 4.78 is 12.9. The van der Waals surface area contributed by atoms with Crippen molar-refractivity contribution in [3.63, 3.8) is 0 Å². The van der Waals surface area contributed by atoms with Crippen molar-refractivity contribution < 1.29 is 13.9 Å². The molecule has 2 fully saturated rings. The molecule has 0 unspecified atom stereocenters. The van der Waals surface area contributed by atoms with E-state index in [1.807, 2.05) is 13.0 Å². The van der Waals surface area contributed by atoms with Gasteiger partial charge in [0.1, 0.15) is 12.1 Å². The van der Waals surface area contributed by atoms with Gasteiger partial charge in [0.2, 0.25) is 0 Å². The Morgan fingerprint density at radius 2 is 2.33 bits per heavy atom. The molecule has 5 heterocycles. The van der Waals surface area contributed by atoms with Crippen LogP contribution in [0.5, 0.6) is 0 Å². The molecule has 3 aromatic heterocycles. The van der Waals surface area contributed by atoms with Gasteiger partial charge in [-0.05, 0) is 19.1 Å². The van der Waals surface area contributed by atoms with Crippen molar-refractivity contribution >= 4 is 17.5 Å². The third-order valence-corrected chi connectivity index (χ3v) is 5.39. The molecule has 27 heavy (non-hydrogen) atoms. The van der Waals surface area contributed by atoms with Crippen LogP contribution in [0.25, 0.3) is 5.78 Å². The Morgan fingerprint density at radius 3 is 3.19 bits per heavy atom. The number of amides is 1. The lowest BCUT2D eigenvalue weighted by molar-refractivity contribution is 0.0912. The topological polar surface area (TPSA) is 97.8 Å². The first-order valence-electron chi connectivity index (χ1n) is 9.04. The fourth-order valence-corrected chi connectivity index (χ4v) is 4.05. The lowest BCUT2D eigenvalue weighted by atomic mass is 9.93. The Hall–Kier alpha value is -2.94. The number of fused-ring (bicyclic) bond motifs is 2. The number of carbonyl (C=O) groups is 1. The number of ether oxygens (including phenoxy) is 1. The number of anilines is 1. The van der Waals surface area contributed by atoms with E-state index in [4.69, 9.17) is 9.15 Å². The molecule has 9 heteroatoms. The molecular formula is C18H20N6O3. The summed E-state index contributed by atoms with van der Waals surface area (Å²) in [6.07, 6.45) is 3.17. The third kappa shape index (κ3) is 2.84. The Balaban J connectivity index is 1.29. The van der Waals surface area contributed by atoms with E-state index in [1.54, 1.807) is 16.6 Å². The maximum absolute atomic E-state index is 12.1. The first-order valence-corrected chi connectivity index (χ1v) is 9.04. The van der Waals surface area contributed by atoms with Crippen LogP contribution in [0.15, 0.2) is 35.2 Å². The van der Waals surface area contributed by atoms with E-state index >= 15 is 0 Å². The van der Waals surface area contributed by atoms with Gasteiger partial charge in [-0.2, -0.15) is 14.6 Å². The van der Waals surface area contributed by atoms with Gasteiger partial charge in [-0.1, -0.05) is 0 Å². The molecule has 140 valence electrons. The van der Waals surface area contributed by atoms with Crippen molar-refractivity contribution in [2.45, 2.75) is 13.0 Å². The molecule has 2 aliphatic heterocycles. The molecule has 9 nitrogen and oxygen atoms in total. The van der Waals surface area contributed by atoms with E-state index in [2.05, 4.69) is 25.3 Å². The van der Waals surface area contributed by atoms with E-state index in [1.165, 1.54) is 12.6 Å². The molecule has 1 amide bonds. The summed E-state index contributed by atoms with van der Waals surface area (Å²) in [6, 6.07) is 5.40. The monoisotopic (exact) mass is 368 g/mol. The second kappa shape index (κ2) is 6.34. The van der Waals surface area contributed by atoms with Crippen LogP contribution in [0.3, 0.4) is 0 Å². The number of aromatic nitrogens is 4. The van der Waals surface area contributed by atoms with Crippen LogP contribution in [0.2, 0.25) is 0 Å². The summed E-state index contributed by atoms with van der Waals surface area (Å²) >= 11 is 0. The molecule has 0 aliphatic carbocycles.